The van der Waals surface area contributed by atoms with Crippen LogP contribution >= 0.6 is 0 Å². The Balaban J connectivity index is 1.79. The van der Waals surface area contributed by atoms with Gasteiger partial charge in [0, 0.05) is 32.7 Å². The van der Waals surface area contributed by atoms with Crippen LogP contribution in [0, 0.1) is 5.82 Å². The summed E-state index contributed by atoms with van der Waals surface area (Å²) in [6.07, 6.45) is 0. The van der Waals surface area contributed by atoms with E-state index in [1.807, 2.05) is 4.90 Å². The van der Waals surface area contributed by atoms with E-state index in [0.29, 0.717) is 0 Å². The SMILES string of the molecule is O=S(O)CN1CCN(Cc2ccc(F)cc2)CC1. The highest BCUT2D eigenvalue weighted by atomic mass is 32.2. The van der Waals surface area contributed by atoms with Gasteiger partial charge in [0.1, 0.15) is 11.7 Å². The first-order chi connectivity index (χ1) is 8.63. The van der Waals surface area contributed by atoms with Crippen LogP contribution in [-0.4, -0.2) is 50.6 Å². The Kier molecular flexibility index (Phi) is 4.82. The highest BCUT2D eigenvalue weighted by molar-refractivity contribution is 7.79. The summed E-state index contributed by atoms with van der Waals surface area (Å²) in [4.78, 5) is 4.25. The smallest absolute Gasteiger partial charge is 0.167 e. The highest BCUT2D eigenvalue weighted by Crippen LogP contribution is 2.09. The van der Waals surface area contributed by atoms with Crippen LogP contribution in [0.1, 0.15) is 5.56 Å². The molecule has 1 aliphatic rings. The average Bonchev–Trinajstić information content (AvgIpc) is 2.34. The largest absolute Gasteiger partial charge is 0.305 e. The minimum absolute atomic E-state index is 0.214. The van der Waals surface area contributed by atoms with Gasteiger partial charge < -0.3 is 4.55 Å². The van der Waals surface area contributed by atoms with Crippen molar-refractivity contribution in [3.8, 4) is 0 Å². The van der Waals surface area contributed by atoms with Gasteiger partial charge in [-0.1, -0.05) is 12.1 Å². The fourth-order valence-corrected chi connectivity index (χ4v) is 2.65. The van der Waals surface area contributed by atoms with Crippen LogP contribution in [0.2, 0.25) is 0 Å². The summed E-state index contributed by atoms with van der Waals surface area (Å²) in [5.41, 5.74) is 1.09. The van der Waals surface area contributed by atoms with E-state index >= 15 is 0 Å². The van der Waals surface area contributed by atoms with Crippen molar-refractivity contribution in [3.05, 3.63) is 35.6 Å². The molecule has 1 heterocycles. The number of halogens is 1. The number of rotatable bonds is 4. The highest BCUT2D eigenvalue weighted by Gasteiger charge is 2.17. The molecular weight excluding hydrogens is 255 g/mol. The molecule has 1 fully saturated rings. The maximum Gasteiger partial charge on any atom is 0.167 e. The van der Waals surface area contributed by atoms with Gasteiger partial charge in [0.05, 0.1) is 0 Å². The summed E-state index contributed by atoms with van der Waals surface area (Å²) in [5.74, 6) is 0.0127. The van der Waals surface area contributed by atoms with Crippen molar-refractivity contribution in [1.82, 2.24) is 9.80 Å². The van der Waals surface area contributed by atoms with Crippen molar-refractivity contribution in [1.29, 1.82) is 0 Å². The first kappa shape index (κ1) is 13.6. The molecule has 0 radical (unpaired) electrons. The molecule has 1 aliphatic heterocycles. The summed E-state index contributed by atoms with van der Waals surface area (Å²) < 4.78 is 32.3. The van der Waals surface area contributed by atoms with Crippen molar-refractivity contribution in [2.45, 2.75) is 6.54 Å². The van der Waals surface area contributed by atoms with E-state index in [1.54, 1.807) is 12.1 Å². The van der Waals surface area contributed by atoms with Gasteiger partial charge in [0.2, 0.25) is 0 Å². The summed E-state index contributed by atoms with van der Waals surface area (Å²) >= 11 is -1.75. The molecule has 0 amide bonds. The maximum atomic E-state index is 12.8. The molecule has 0 spiro atoms. The Hall–Kier alpha value is -0.820. The number of hydrogen-bond acceptors (Lipinski definition) is 3. The summed E-state index contributed by atoms with van der Waals surface area (Å²) in [6.45, 7) is 4.14. The van der Waals surface area contributed by atoms with E-state index < -0.39 is 11.1 Å². The van der Waals surface area contributed by atoms with Gasteiger partial charge in [-0.2, -0.15) is 0 Å². The third-order valence-electron chi connectivity index (χ3n) is 3.08. The Morgan fingerprint density at radius 2 is 1.67 bits per heavy atom. The Morgan fingerprint density at radius 3 is 2.22 bits per heavy atom. The van der Waals surface area contributed by atoms with Crippen molar-refractivity contribution in [2.75, 3.05) is 32.1 Å². The lowest BCUT2D eigenvalue weighted by Crippen LogP contribution is -2.46. The molecular formula is C12H17FN2O2S. The van der Waals surface area contributed by atoms with Crippen LogP contribution in [0.15, 0.2) is 24.3 Å². The molecule has 1 unspecified atom stereocenters. The fraction of sp³-hybridized carbons (Fsp3) is 0.500. The number of nitrogens with zero attached hydrogens (tertiary/aromatic N) is 2. The molecule has 1 N–H and O–H groups in total. The summed E-state index contributed by atoms with van der Waals surface area (Å²) in [7, 11) is 0. The summed E-state index contributed by atoms with van der Waals surface area (Å²) in [5, 5.41) is 0. The molecule has 0 aromatic heterocycles. The minimum atomic E-state index is -1.75. The van der Waals surface area contributed by atoms with Crippen molar-refractivity contribution < 1.29 is 13.2 Å². The minimum Gasteiger partial charge on any atom is -0.305 e. The molecule has 2 rings (SSSR count). The molecule has 100 valence electrons. The van der Waals surface area contributed by atoms with Gasteiger partial charge in [-0.25, -0.2) is 8.60 Å². The molecule has 4 nitrogen and oxygen atoms in total. The van der Waals surface area contributed by atoms with Gasteiger partial charge >= 0.3 is 0 Å². The van der Waals surface area contributed by atoms with E-state index in [4.69, 9.17) is 4.55 Å². The lowest BCUT2D eigenvalue weighted by Gasteiger charge is -2.33. The second kappa shape index (κ2) is 6.38. The zero-order valence-electron chi connectivity index (χ0n) is 10.1. The van der Waals surface area contributed by atoms with Gasteiger partial charge in [-0.15, -0.1) is 0 Å². The zero-order chi connectivity index (χ0) is 13.0. The first-order valence-electron chi connectivity index (χ1n) is 5.90. The van der Waals surface area contributed by atoms with Gasteiger partial charge in [0.15, 0.2) is 11.1 Å². The van der Waals surface area contributed by atoms with E-state index in [-0.39, 0.29) is 11.7 Å². The third-order valence-corrected chi connectivity index (χ3v) is 3.66. The second-order valence-corrected chi connectivity index (χ2v) is 5.37. The molecule has 0 bridgehead atoms. The van der Waals surface area contributed by atoms with Crippen LogP contribution in [0.25, 0.3) is 0 Å². The van der Waals surface area contributed by atoms with E-state index in [2.05, 4.69) is 4.90 Å². The number of piperazine rings is 1. The van der Waals surface area contributed by atoms with E-state index in [9.17, 15) is 8.60 Å². The number of benzene rings is 1. The van der Waals surface area contributed by atoms with Crippen molar-refractivity contribution >= 4 is 11.1 Å². The van der Waals surface area contributed by atoms with E-state index in [0.717, 1.165) is 38.3 Å². The normalized spacial score (nSPS) is 19.9. The molecule has 1 aromatic carbocycles. The lowest BCUT2D eigenvalue weighted by molar-refractivity contribution is 0.141. The molecule has 18 heavy (non-hydrogen) atoms. The Bertz CT molecular complexity index is 405. The monoisotopic (exact) mass is 272 g/mol. The predicted octanol–water partition coefficient (Wildman–Crippen LogP) is 1.12. The second-order valence-electron chi connectivity index (χ2n) is 4.47. The number of hydrogen-bond donors (Lipinski definition) is 1. The van der Waals surface area contributed by atoms with Crippen LogP contribution in [-0.2, 0) is 17.6 Å². The molecule has 1 aromatic rings. The van der Waals surface area contributed by atoms with Crippen LogP contribution in [0.3, 0.4) is 0 Å². The van der Waals surface area contributed by atoms with Gasteiger partial charge in [-0.05, 0) is 17.7 Å². The Morgan fingerprint density at radius 1 is 1.11 bits per heavy atom. The van der Waals surface area contributed by atoms with Crippen molar-refractivity contribution in [3.63, 3.8) is 0 Å². The Labute approximate surface area is 109 Å². The van der Waals surface area contributed by atoms with Crippen LogP contribution in [0.4, 0.5) is 4.39 Å². The zero-order valence-corrected chi connectivity index (χ0v) is 10.9. The van der Waals surface area contributed by atoms with Gasteiger partial charge in [-0.3, -0.25) is 9.80 Å². The van der Waals surface area contributed by atoms with Crippen LogP contribution < -0.4 is 0 Å². The molecule has 6 heteroatoms. The van der Waals surface area contributed by atoms with Crippen LogP contribution in [0.5, 0.6) is 0 Å². The summed E-state index contributed by atoms with van der Waals surface area (Å²) in [6, 6.07) is 6.54. The predicted molar refractivity (Wildman–Crippen MR) is 68.9 cm³/mol. The van der Waals surface area contributed by atoms with E-state index in [1.165, 1.54) is 12.1 Å². The molecule has 0 aliphatic carbocycles. The van der Waals surface area contributed by atoms with Gasteiger partial charge in [0.25, 0.3) is 0 Å². The van der Waals surface area contributed by atoms with Crippen molar-refractivity contribution in [2.24, 2.45) is 0 Å². The first-order valence-corrected chi connectivity index (χ1v) is 7.18. The molecule has 1 saturated heterocycles. The topological polar surface area (TPSA) is 43.8 Å². The quantitative estimate of drug-likeness (QED) is 0.834. The average molecular weight is 272 g/mol. The lowest BCUT2D eigenvalue weighted by atomic mass is 10.2. The molecule has 1 atom stereocenters. The fourth-order valence-electron chi connectivity index (χ4n) is 2.08. The standard InChI is InChI=1S/C12H17FN2O2S/c13-12-3-1-11(2-4-12)9-14-5-7-15(8-6-14)10-18(16)17/h1-4H,5-10H2,(H,16,17). The third kappa shape index (κ3) is 4.13. The maximum absolute atomic E-state index is 12.8. The molecule has 0 saturated carbocycles.